The van der Waals surface area contributed by atoms with Crippen LogP contribution in [0.15, 0.2) is 66.7 Å². The number of imidazole rings is 1. The first kappa shape index (κ1) is 23.8. The number of rotatable bonds is 5. The molecular formula is C32H36N4O. The van der Waals surface area contributed by atoms with Crippen molar-refractivity contribution in [3.63, 3.8) is 0 Å². The topological polar surface area (TPSA) is 50.2 Å². The van der Waals surface area contributed by atoms with Gasteiger partial charge < -0.3 is 14.8 Å². The van der Waals surface area contributed by atoms with Crippen molar-refractivity contribution in [2.75, 3.05) is 18.0 Å². The number of aryl methyl sites for hydroxylation is 3. The zero-order chi connectivity index (χ0) is 25.4. The molecule has 5 nitrogen and oxygen atoms in total. The molecule has 4 aromatic rings. The number of hydrogen-bond donors (Lipinski definition) is 1. The molecule has 1 aliphatic carbocycles. The molecule has 1 aromatic heterocycles. The maximum atomic E-state index is 13.3. The van der Waals surface area contributed by atoms with Crippen molar-refractivity contribution in [3.8, 4) is 0 Å². The van der Waals surface area contributed by atoms with Crippen molar-refractivity contribution >= 4 is 22.9 Å². The Morgan fingerprint density at radius 3 is 2.62 bits per heavy atom. The molecule has 1 saturated heterocycles. The van der Waals surface area contributed by atoms with Gasteiger partial charge in [0.05, 0.1) is 23.6 Å². The molecule has 0 bridgehead atoms. The van der Waals surface area contributed by atoms with Crippen molar-refractivity contribution in [3.05, 3.63) is 94.5 Å². The third-order valence-electron chi connectivity index (χ3n) is 8.30. The fourth-order valence-corrected chi connectivity index (χ4v) is 6.14. The number of benzene rings is 3. The first-order valence-electron chi connectivity index (χ1n) is 13.7. The number of carbonyl (C=O) groups is 1. The monoisotopic (exact) mass is 492 g/mol. The average molecular weight is 493 g/mol. The Morgan fingerprint density at radius 1 is 0.973 bits per heavy atom. The van der Waals surface area contributed by atoms with Crippen molar-refractivity contribution < 1.29 is 4.79 Å². The van der Waals surface area contributed by atoms with Crippen LogP contribution in [0.25, 0.3) is 11.0 Å². The lowest BCUT2D eigenvalue weighted by molar-refractivity contribution is -0.126. The summed E-state index contributed by atoms with van der Waals surface area (Å²) < 4.78 is 2.36. The second-order valence-corrected chi connectivity index (χ2v) is 10.8. The van der Waals surface area contributed by atoms with Gasteiger partial charge >= 0.3 is 0 Å². The van der Waals surface area contributed by atoms with Gasteiger partial charge in [0.1, 0.15) is 0 Å². The van der Waals surface area contributed by atoms with Gasteiger partial charge in [-0.1, -0.05) is 60.2 Å². The van der Waals surface area contributed by atoms with E-state index in [4.69, 9.17) is 4.98 Å². The average Bonchev–Trinajstić information content (AvgIpc) is 3.29. The second kappa shape index (κ2) is 10.0. The van der Waals surface area contributed by atoms with Crippen molar-refractivity contribution in [1.82, 2.24) is 14.9 Å². The SMILES string of the molecule is Cc1ccc(C)c(Cn2c(N3CCC(C(=O)N[C@@H]4CCCc5ccccc54)CC3)nc3ccccc32)c1. The van der Waals surface area contributed by atoms with E-state index in [0.717, 1.165) is 68.7 Å². The van der Waals surface area contributed by atoms with Crippen molar-refractivity contribution in [1.29, 1.82) is 0 Å². The van der Waals surface area contributed by atoms with E-state index in [9.17, 15) is 4.79 Å². The van der Waals surface area contributed by atoms with E-state index >= 15 is 0 Å². The molecule has 1 atom stereocenters. The number of aromatic nitrogens is 2. The molecule has 6 rings (SSSR count). The first-order chi connectivity index (χ1) is 18.1. The maximum absolute atomic E-state index is 13.3. The minimum atomic E-state index is 0.0576. The molecule has 0 saturated carbocycles. The summed E-state index contributed by atoms with van der Waals surface area (Å²) in [5.41, 5.74) is 8.78. The minimum Gasteiger partial charge on any atom is -0.349 e. The quantitative estimate of drug-likeness (QED) is 0.366. The highest BCUT2D eigenvalue weighted by Crippen LogP contribution is 2.32. The molecule has 1 N–H and O–H groups in total. The molecule has 2 aliphatic rings. The number of anilines is 1. The molecule has 2 heterocycles. The number of hydrogen-bond acceptors (Lipinski definition) is 3. The van der Waals surface area contributed by atoms with E-state index < -0.39 is 0 Å². The lowest BCUT2D eigenvalue weighted by atomic mass is 9.87. The number of amides is 1. The van der Waals surface area contributed by atoms with Crippen LogP contribution in [0.4, 0.5) is 5.95 Å². The number of carbonyl (C=O) groups excluding carboxylic acids is 1. The van der Waals surface area contributed by atoms with Crippen molar-refractivity contribution in [2.45, 2.75) is 58.5 Å². The van der Waals surface area contributed by atoms with Crippen LogP contribution in [-0.2, 0) is 17.8 Å². The summed E-state index contributed by atoms with van der Waals surface area (Å²) in [6.07, 6.45) is 4.99. The molecule has 0 spiro atoms. The minimum absolute atomic E-state index is 0.0576. The Bertz CT molecular complexity index is 1430. The molecule has 3 aromatic carbocycles. The molecule has 190 valence electrons. The standard InChI is InChI=1S/C32H36N4O/c1-22-14-15-23(2)26(20-22)21-36-30-13-6-5-11-29(30)34-32(36)35-18-16-25(17-19-35)31(37)33-28-12-7-9-24-8-3-4-10-27(24)28/h3-6,8,10-11,13-15,20,25,28H,7,9,12,16-19,21H2,1-2H3,(H,33,37)/t28-/m1/s1. The van der Waals surface area contributed by atoms with Crippen LogP contribution in [0.3, 0.4) is 0 Å². The van der Waals surface area contributed by atoms with Crippen LogP contribution in [-0.4, -0.2) is 28.5 Å². The van der Waals surface area contributed by atoms with Gasteiger partial charge in [0.2, 0.25) is 11.9 Å². The lowest BCUT2D eigenvalue weighted by Crippen LogP contribution is -2.42. The largest absolute Gasteiger partial charge is 0.349 e. The summed E-state index contributed by atoms with van der Waals surface area (Å²) in [4.78, 5) is 20.7. The number of piperidine rings is 1. The predicted octanol–water partition coefficient (Wildman–Crippen LogP) is 6.11. The van der Waals surface area contributed by atoms with Crippen molar-refractivity contribution in [2.24, 2.45) is 5.92 Å². The molecule has 1 aliphatic heterocycles. The Balaban J connectivity index is 1.18. The van der Waals surface area contributed by atoms with Gasteiger partial charge in [-0.2, -0.15) is 0 Å². The molecule has 1 amide bonds. The molecule has 0 unspecified atom stereocenters. The summed E-state index contributed by atoms with van der Waals surface area (Å²) in [6.45, 7) is 6.82. The Hall–Kier alpha value is -3.60. The lowest BCUT2D eigenvalue weighted by Gasteiger charge is -2.34. The van der Waals surface area contributed by atoms with E-state index in [1.807, 2.05) is 0 Å². The highest BCUT2D eigenvalue weighted by molar-refractivity contribution is 5.80. The Labute approximate surface area is 219 Å². The summed E-state index contributed by atoms with van der Waals surface area (Å²) in [5.74, 6) is 1.29. The van der Waals surface area contributed by atoms with Gasteiger partial charge in [-0.25, -0.2) is 4.98 Å². The normalized spacial score (nSPS) is 18.1. The van der Waals surface area contributed by atoms with E-state index in [-0.39, 0.29) is 17.9 Å². The van der Waals surface area contributed by atoms with Gasteiger partial charge in [0, 0.05) is 19.0 Å². The smallest absolute Gasteiger partial charge is 0.223 e. The molecule has 0 radical (unpaired) electrons. The fraction of sp³-hybridized carbons (Fsp3) is 0.375. The predicted molar refractivity (Wildman–Crippen MR) is 150 cm³/mol. The number of para-hydroxylation sites is 2. The van der Waals surface area contributed by atoms with Gasteiger partial charge in [-0.15, -0.1) is 0 Å². The highest BCUT2D eigenvalue weighted by atomic mass is 16.2. The third-order valence-corrected chi connectivity index (χ3v) is 8.30. The molecule has 1 fully saturated rings. The van der Waals surface area contributed by atoms with Gasteiger partial charge in [0.25, 0.3) is 0 Å². The Morgan fingerprint density at radius 2 is 1.76 bits per heavy atom. The van der Waals surface area contributed by atoms with E-state index in [1.165, 1.54) is 27.8 Å². The fourth-order valence-electron chi connectivity index (χ4n) is 6.14. The third kappa shape index (κ3) is 4.75. The number of nitrogens with zero attached hydrogens (tertiary/aromatic N) is 3. The van der Waals surface area contributed by atoms with Gasteiger partial charge in [-0.05, 0) is 80.3 Å². The van der Waals surface area contributed by atoms with Crippen LogP contribution in [0.5, 0.6) is 0 Å². The molecule has 37 heavy (non-hydrogen) atoms. The van der Waals surface area contributed by atoms with Crippen LogP contribution >= 0.6 is 0 Å². The van der Waals surface area contributed by atoms with Gasteiger partial charge in [0.15, 0.2) is 0 Å². The molecular weight excluding hydrogens is 456 g/mol. The zero-order valence-corrected chi connectivity index (χ0v) is 21.9. The van der Waals surface area contributed by atoms with Crippen LogP contribution in [0.1, 0.15) is 59.5 Å². The van der Waals surface area contributed by atoms with E-state index in [2.05, 4.69) is 95.4 Å². The highest BCUT2D eigenvalue weighted by Gasteiger charge is 2.30. The van der Waals surface area contributed by atoms with E-state index in [0.29, 0.717) is 0 Å². The summed E-state index contributed by atoms with van der Waals surface area (Å²) in [6, 6.07) is 23.8. The summed E-state index contributed by atoms with van der Waals surface area (Å²) in [7, 11) is 0. The zero-order valence-electron chi connectivity index (χ0n) is 21.9. The van der Waals surface area contributed by atoms with Crippen LogP contribution < -0.4 is 10.2 Å². The number of nitrogens with one attached hydrogen (secondary N) is 1. The first-order valence-corrected chi connectivity index (χ1v) is 13.7. The summed E-state index contributed by atoms with van der Waals surface area (Å²) in [5, 5.41) is 3.40. The number of fused-ring (bicyclic) bond motifs is 2. The van der Waals surface area contributed by atoms with Gasteiger partial charge in [-0.3, -0.25) is 4.79 Å². The van der Waals surface area contributed by atoms with Crippen LogP contribution in [0.2, 0.25) is 0 Å². The molecule has 5 heteroatoms. The van der Waals surface area contributed by atoms with Crippen LogP contribution in [0, 0.1) is 19.8 Å². The summed E-state index contributed by atoms with van der Waals surface area (Å²) >= 11 is 0. The second-order valence-electron chi connectivity index (χ2n) is 10.8. The maximum Gasteiger partial charge on any atom is 0.223 e. The van der Waals surface area contributed by atoms with E-state index in [1.54, 1.807) is 0 Å². The Kier molecular flexibility index (Phi) is 6.45.